The smallest absolute Gasteiger partial charge is 0.239 e. The number of fused-ring (bicyclic) bond motifs is 5. The number of nitrogens with zero attached hydrogens (tertiary/aromatic N) is 1. The second-order valence-corrected chi connectivity index (χ2v) is 10.6. The molecule has 2 aliphatic carbocycles. The first kappa shape index (κ1) is 22.9. The number of benzene rings is 3. The molecule has 5 heteroatoms. The number of amides is 2. The number of imide groups is 1. The number of allylic oxidation sites excluding steroid dienone is 2. The number of ketones is 1. The predicted molar refractivity (Wildman–Crippen MR) is 141 cm³/mol. The molecule has 2 fully saturated rings. The van der Waals surface area contributed by atoms with E-state index in [4.69, 9.17) is 11.6 Å². The molecule has 0 unspecified atom stereocenters. The number of Topliss-reactive ketones (excluding diaryl/α,β-unsaturated/α-hetero) is 1. The van der Waals surface area contributed by atoms with Gasteiger partial charge < -0.3 is 0 Å². The third-order valence-corrected chi connectivity index (χ3v) is 8.73. The van der Waals surface area contributed by atoms with E-state index in [0.29, 0.717) is 23.6 Å². The summed E-state index contributed by atoms with van der Waals surface area (Å²) in [6.45, 7) is 3.91. The zero-order chi connectivity index (χ0) is 25.2. The van der Waals surface area contributed by atoms with Gasteiger partial charge >= 0.3 is 0 Å². The van der Waals surface area contributed by atoms with Crippen molar-refractivity contribution in [2.45, 2.75) is 26.7 Å². The Labute approximate surface area is 215 Å². The van der Waals surface area contributed by atoms with E-state index >= 15 is 0 Å². The fourth-order valence-electron chi connectivity index (χ4n) is 7.23. The van der Waals surface area contributed by atoms with E-state index in [2.05, 4.69) is 0 Å². The molecule has 180 valence electrons. The SMILES string of the molecule is CCC[C@]12C(=O)[C@@](C)(C(c3ccccc3)=C1c1ccccc1)[C@@H]1C(=O)N(c3ccccc3Cl)C(=O)[C@@H]12. The highest BCUT2D eigenvalue weighted by atomic mass is 35.5. The quantitative estimate of drug-likeness (QED) is 0.382. The van der Waals surface area contributed by atoms with Crippen molar-refractivity contribution in [1.29, 1.82) is 0 Å². The van der Waals surface area contributed by atoms with Crippen LogP contribution in [-0.2, 0) is 14.4 Å². The number of anilines is 1. The first-order chi connectivity index (χ1) is 17.4. The Hall–Kier alpha value is -3.50. The lowest BCUT2D eigenvalue weighted by atomic mass is 9.61. The fourth-order valence-corrected chi connectivity index (χ4v) is 7.45. The lowest BCUT2D eigenvalue weighted by Crippen LogP contribution is -2.41. The van der Waals surface area contributed by atoms with Gasteiger partial charge in [-0.15, -0.1) is 0 Å². The monoisotopic (exact) mass is 495 g/mol. The number of rotatable bonds is 5. The molecule has 3 aromatic carbocycles. The second kappa shape index (κ2) is 8.01. The Morgan fingerprint density at radius 1 is 0.750 bits per heavy atom. The van der Waals surface area contributed by atoms with Gasteiger partial charge in [-0.25, -0.2) is 4.90 Å². The van der Waals surface area contributed by atoms with E-state index in [1.807, 2.05) is 74.5 Å². The van der Waals surface area contributed by atoms with Crippen LogP contribution in [0.1, 0.15) is 37.8 Å². The zero-order valence-electron chi connectivity index (χ0n) is 20.2. The first-order valence-corrected chi connectivity index (χ1v) is 12.8. The van der Waals surface area contributed by atoms with Crippen molar-refractivity contribution in [3.05, 3.63) is 101 Å². The number of halogens is 1. The highest BCUT2D eigenvalue weighted by molar-refractivity contribution is 6.38. The summed E-state index contributed by atoms with van der Waals surface area (Å²) >= 11 is 6.46. The van der Waals surface area contributed by atoms with Crippen LogP contribution in [0.4, 0.5) is 5.69 Å². The van der Waals surface area contributed by atoms with Crippen molar-refractivity contribution in [2.75, 3.05) is 4.90 Å². The minimum atomic E-state index is -1.13. The Kier molecular flexibility index (Phi) is 5.10. The molecule has 2 bridgehead atoms. The van der Waals surface area contributed by atoms with E-state index in [9.17, 15) is 14.4 Å². The van der Waals surface area contributed by atoms with Crippen molar-refractivity contribution < 1.29 is 14.4 Å². The Morgan fingerprint density at radius 3 is 1.86 bits per heavy atom. The maximum Gasteiger partial charge on any atom is 0.239 e. The molecule has 0 spiro atoms. The van der Waals surface area contributed by atoms with Crippen LogP contribution < -0.4 is 4.90 Å². The van der Waals surface area contributed by atoms with Crippen molar-refractivity contribution >= 4 is 46.0 Å². The lowest BCUT2D eigenvalue weighted by Gasteiger charge is -2.37. The largest absolute Gasteiger partial charge is 0.298 e. The van der Waals surface area contributed by atoms with Crippen LogP contribution in [0.3, 0.4) is 0 Å². The van der Waals surface area contributed by atoms with Gasteiger partial charge in [0.1, 0.15) is 0 Å². The molecular formula is C31H26ClNO3. The highest BCUT2D eigenvalue weighted by Gasteiger charge is 2.80. The fraction of sp³-hybridized carbons (Fsp3) is 0.258. The van der Waals surface area contributed by atoms with Gasteiger partial charge in [-0.1, -0.05) is 97.7 Å². The van der Waals surface area contributed by atoms with E-state index in [1.165, 1.54) is 4.90 Å². The van der Waals surface area contributed by atoms with Gasteiger partial charge in [0, 0.05) is 0 Å². The van der Waals surface area contributed by atoms with Crippen LogP contribution in [0.15, 0.2) is 84.9 Å². The van der Waals surface area contributed by atoms with Gasteiger partial charge in [-0.05, 0) is 47.8 Å². The van der Waals surface area contributed by atoms with Gasteiger partial charge in [0.05, 0.1) is 33.4 Å². The molecular weight excluding hydrogens is 470 g/mol. The minimum absolute atomic E-state index is 0.00920. The maximum absolute atomic E-state index is 14.6. The molecule has 0 N–H and O–H groups in total. The summed E-state index contributed by atoms with van der Waals surface area (Å²) in [6.07, 6.45) is 1.20. The molecule has 4 atom stereocenters. The minimum Gasteiger partial charge on any atom is -0.298 e. The first-order valence-electron chi connectivity index (χ1n) is 12.4. The van der Waals surface area contributed by atoms with Crippen LogP contribution in [-0.4, -0.2) is 17.6 Å². The standard InChI is InChI=1S/C31H26ClNO3/c1-3-18-31-24(20-14-8-5-9-15-20)23(19-12-6-4-7-13-19)30(2,29(31)36)25-26(31)28(35)33(27(25)34)22-17-11-10-16-21(22)32/h4-17,25-26H,3,18H2,1-2H3/t25-,26+,30-,31-/m0/s1. The van der Waals surface area contributed by atoms with E-state index in [-0.39, 0.29) is 17.6 Å². The van der Waals surface area contributed by atoms with Crippen molar-refractivity contribution in [3.8, 4) is 0 Å². The second-order valence-electron chi connectivity index (χ2n) is 10.2. The molecule has 2 amide bonds. The van der Waals surface area contributed by atoms with Gasteiger partial charge in [0.25, 0.3) is 0 Å². The number of carbonyl (C=O) groups excluding carboxylic acids is 3. The van der Waals surface area contributed by atoms with Gasteiger partial charge in [-0.3, -0.25) is 14.4 Å². The zero-order valence-corrected chi connectivity index (χ0v) is 21.0. The summed E-state index contributed by atoms with van der Waals surface area (Å²) in [5, 5.41) is 0.340. The Morgan fingerprint density at radius 2 is 1.28 bits per heavy atom. The van der Waals surface area contributed by atoms with Crippen molar-refractivity contribution in [2.24, 2.45) is 22.7 Å². The molecule has 1 saturated heterocycles. The van der Waals surface area contributed by atoms with Crippen LogP contribution in [0.2, 0.25) is 5.02 Å². The highest BCUT2D eigenvalue weighted by Crippen LogP contribution is 2.75. The normalized spacial score (nSPS) is 28.9. The van der Waals surface area contributed by atoms with Gasteiger partial charge in [0.15, 0.2) is 5.78 Å². The lowest BCUT2D eigenvalue weighted by molar-refractivity contribution is -0.134. The average Bonchev–Trinajstić information content (AvgIpc) is 3.35. The molecule has 1 heterocycles. The van der Waals surface area contributed by atoms with Crippen molar-refractivity contribution in [3.63, 3.8) is 0 Å². The molecule has 1 saturated carbocycles. The van der Waals surface area contributed by atoms with Crippen molar-refractivity contribution in [1.82, 2.24) is 0 Å². The molecule has 0 radical (unpaired) electrons. The van der Waals surface area contributed by atoms with E-state index in [1.54, 1.807) is 24.3 Å². The average molecular weight is 496 g/mol. The third-order valence-electron chi connectivity index (χ3n) is 8.41. The maximum atomic E-state index is 14.6. The topological polar surface area (TPSA) is 54.5 Å². The van der Waals surface area contributed by atoms with Gasteiger partial charge in [0.2, 0.25) is 11.8 Å². The molecule has 0 aromatic heterocycles. The predicted octanol–water partition coefficient (Wildman–Crippen LogP) is 6.45. The molecule has 6 rings (SSSR count). The van der Waals surface area contributed by atoms with Crippen LogP contribution >= 0.6 is 11.6 Å². The molecule has 1 aliphatic heterocycles. The van der Waals surface area contributed by atoms with Gasteiger partial charge in [-0.2, -0.15) is 0 Å². The number of hydrogen-bond donors (Lipinski definition) is 0. The summed E-state index contributed by atoms with van der Waals surface area (Å²) in [7, 11) is 0. The van der Waals surface area contributed by atoms with E-state index < -0.39 is 22.7 Å². The summed E-state index contributed by atoms with van der Waals surface area (Å²) < 4.78 is 0. The number of hydrogen-bond acceptors (Lipinski definition) is 3. The number of carbonyl (C=O) groups is 3. The Balaban J connectivity index is 1.67. The van der Waals surface area contributed by atoms with Crippen LogP contribution in [0, 0.1) is 22.7 Å². The third kappa shape index (κ3) is 2.68. The summed E-state index contributed by atoms with van der Waals surface area (Å²) in [5.41, 5.74) is 1.78. The molecule has 3 aromatic rings. The summed E-state index contributed by atoms with van der Waals surface area (Å²) in [5.74, 6) is -2.22. The van der Waals surface area contributed by atoms with Crippen LogP contribution in [0.25, 0.3) is 11.1 Å². The summed E-state index contributed by atoms with van der Waals surface area (Å²) in [4.78, 5) is 44.2. The van der Waals surface area contributed by atoms with Crippen LogP contribution in [0.5, 0.6) is 0 Å². The molecule has 3 aliphatic rings. The molecule has 36 heavy (non-hydrogen) atoms. The summed E-state index contributed by atoms with van der Waals surface area (Å²) in [6, 6.07) is 26.6. The Bertz CT molecular complexity index is 1450. The van der Waals surface area contributed by atoms with E-state index in [0.717, 1.165) is 22.3 Å². The molecule has 4 nitrogen and oxygen atoms in total. The number of para-hydroxylation sites is 1.